The molecule has 0 spiro atoms. The predicted molar refractivity (Wildman–Crippen MR) is 136 cm³/mol. The lowest BCUT2D eigenvalue weighted by Gasteiger charge is -2.32. The van der Waals surface area contributed by atoms with E-state index >= 15 is 0 Å². The van der Waals surface area contributed by atoms with Crippen LogP contribution in [0.25, 0.3) is 0 Å². The summed E-state index contributed by atoms with van der Waals surface area (Å²) in [4.78, 5) is 19.2. The number of likely N-dealkylation sites (N-methyl/N-ethyl adjacent to an activating group) is 1. The standard InChI is InChI=1S/C26H30Cl2F4N4O/c1-16-11-35(8-7-33-16)15-25(37)36-13-19(18-4-6-21(27)22(28)10-18)24(14-36)34(2)12-17-3-5-20(23(29)9-17)26(30,31)32/h3-6,9-10,16,19,24,33H,7-8,11-15H2,1-2H3/t16-,19+,24-/m0/s1. The fourth-order valence-electron chi connectivity index (χ4n) is 5.25. The summed E-state index contributed by atoms with van der Waals surface area (Å²) in [5.74, 6) is -1.38. The van der Waals surface area contributed by atoms with Gasteiger partial charge in [-0.3, -0.25) is 14.6 Å². The molecule has 5 nitrogen and oxygen atoms in total. The Morgan fingerprint density at radius 1 is 1.11 bits per heavy atom. The van der Waals surface area contributed by atoms with Gasteiger partial charge in [0.05, 0.1) is 22.2 Å². The third-order valence-corrected chi connectivity index (χ3v) is 7.90. The zero-order valence-corrected chi connectivity index (χ0v) is 22.2. The second-order valence-corrected chi connectivity index (χ2v) is 10.8. The maximum absolute atomic E-state index is 14.2. The third-order valence-electron chi connectivity index (χ3n) is 7.16. The first-order chi connectivity index (χ1) is 17.4. The summed E-state index contributed by atoms with van der Waals surface area (Å²) in [7, 11) is 1.83. The maximum Gasteiger partial charge on any atom is 0.419 e. The van der Waals surface area contributed by atoms with Crippen molar-refractivity contribution in [3.63, 3.8) is 0 Å². The fraction of sp³-hybridized carbons (Fsp3) is 0.500. The van der Waals surface area contributed by atoms with Crippen LogP contribution in [0.2, 0.25) is 10.0 Å². The Morgan fingerprint density at radius 3 is 2.51 bits per heavy atom. The van der Waals surface area contributed by atoms with Crippen molar-refractivity contribution in [3.05, 3.63) is 69.0 Å². The van der Waals surface area contributed by atoms with Gasteiger partial charge in [0.2, 0.25) is 5.91 Å². The zero-order valence-electron chi connectivity index (χ0n) is 20.7. The van der Waals surface area contributed by atoms with Gasteiger partial charge < -0.3 is 10.2 Å². The van der Waals surface area contributed by atoms with Crippen LogP contribution in [-0.2, 0) is 17.5 Å². The Kier molecular flexibility index (Phi) is 8.70. The summed E-state index contributed by atoms with van der Waals surface area (Å²) in [5.41, 5.74) is 0.0452. The zero-order chi connectivity index (χ0) is 26.9. The molecular formula is C26H30Cl2F4N4O. The molecule has 1 N–H and O–H groups in total. The van der Waals surface area contributed by atoms with Crippen molar-refractivity contribution < 1.29 is 22.4 Å². The number of halogens is 6. The average Bonchev–Trinajstić information content (AvgIpc) is 3.26. The van der Waals surface area contributed by atoms with E-state index in [2.05, 4.69) is 17.1 Å². The lowest BCUT2D eigenvalue weighted by Crippen LogP contribution is -2.52. The minimum Gasteiger partial charge on any atom is -0.339 e. The number of carbonyl (C=O) groups excluding carboxylic acids is 1. The number of hydrogen-bond donors (Lipinski definition) is 1. The van der Waals surface area contributed by atoms with Gasteiger partial charge in [-0.15, -0.1) is 0 Å². The lowest BCUT2D eigenvalue weighted by molar-refractivity contribution is -0.140. The van der Waals surface area contributed by atoms with Crippen LogP contribution < -0.4 is 5.32 Å². The van der Waals surface area contributed by atoms with Crippen LogP contribution in [0.4, 0.5) is 17.6 Å². The summed E-state index contributed by atoms with van der Waals surface area (Å²) in [6, 6.07) is 8.53. The number of amides is 1. The van der Waals surface area contributed by atoms with Crippen molar-refractivity contribution in [3.8, 4) is 0 Å². The van der Waals surface area contributed by atoms with E-state index in [9.17, 15) is 22.4 Å². The Balaban J connectivity index is 1.53. The predicted octanol–water partition coefficient (Wildman–Crippen LogP) is 4.87. The van der Waals surface area contributed by atoms with E-state index in [1.54, 1.807) is 12.1 Å². The molecule has 1 amide bonds. The third kappa shape index (κ3) is 6.75. The van der Waals surface area contributed by atoms with Crippen LogP contribution >= 0.6 is 23.2 Å². The molecule has 2 fully saturated rings. The maximum atomic E-state index is 14.2. The molecule has 0 saturated carbocycles. The van der Waals surface area contributed by atoms with Gasteiger partial charge in [0.25, 0.3) is 0 Å². The van der Waals surface area contributed by atoms with Gasteiger partial charge >= 0.3 is 6.18 Å². The molecule has 2 aliphatic rings. The van der Waals surface area contributed by atoms with E-state index in [0.29, 0.717) is 41.3 Å². The molecule has 4 rings (SSSR count). The number of benzene rings is 2. The number of likely N-dealkylation sites (tertiary alicyclic amines) is 1. The van der Waals surface area contributed by atoms with Crippen molar-refractivity contribution in [2.24, 2.45) is 0 Å². The van der Waals surface area contributed by atoms with Crippen LogP contribution in [0, 0.1) is 5.82 Å². The number of piperazine rings is 1. The van der Waals surface area contributed by atoms with Gasteiger partial charge in [0.1, 0.15) is 5.82 Å². The largest absolute Gasteiger partial charge is 0.419 e. The van der Waals surface area contributed by atoms with Crippen LogP contribution in [0.15, 0.2) is 36.4 Å². The van der Waals surface area contributed by atoms with Crippen LogP contribution in [0.1, 0.15) is 29.5 Å². The van der Waals surface area contributed by atoms with E-state index in [1.165, 1.54) is 6.07 Å². The first-order valence-electron chi connectivity index (χ1n) is 12.2. The molecule has 0 unspecified atom stereocenters. The molecule has 37 heavy (non-hydrogen) atoms. The molecular weight excluding hydrogens is 531 g/mol. The van der Waals surface area contributed by atoms with Crippen LogP contribution in [-0.4, -0.2) is 79.0 Å². The highest BCUT2D eigenvalue weighted by Gasteiger charge is 2.39. The fourth-order valence-corrected chi connectivity index (χ4v) is 5.55. The normalized spacial score (nSPS) is 23.2. The molecule has 2 aromatic carbocycles. The monoisotopic (exact) mass is 560 g/mol. The summed E-state index contributed by atoms with van der Waals surface area (Å²) in [5, 5.41) is 4.20. The number of rotatable bonds is 6. The Morgan fingerprint density at radius 2 is 1.86 bits per heavy atom. The topological polar surface area (TPSA) is 38.8 Å². The van der Waals surface area contributed by atoms with Gasteiger partial charge in [0.15, 0.2) is 0 Å². The highest BCUT2D eigenvalue weighted by atomic mass is 35.5. The molecule has 0 aliphatic carbocycles. The smallest absolute Gasteiger partial charge is 0.339 e. The number of nitrogens with one attached hydrogen (secondary N) is 1. The lowest BCUT2D eigenvalue weighted by atomic mass is 9.93. The number of alkyl halides is 3. The molecule has 2 heterocycles. The minimum absolute atomic E-state index is 0.0237. The van der Waals surface area contributed by atoms with E-state index in [-0.39, 0.29) is 24.4 Å². The summed E-state index contributed by atoms with van der Waals surface area (Å²) in [6.45, 7) is 5.94. The van der Waals surface area contributed by atoms with E-state index in [1.807, 2.05) is 22.9 Å². The van der Waals surface area contributed by atoms with Crippen molar-refractivity contribution in [2.75, 3.05) is 46.3 Å². The molecule has 3 atom stereocenters. The van der Waals surface area contributed by atoms with Crippen LogP contribution in [0.5, 0.6) is 0 Å². The molecule has 11 heteroatoms. The first-order valence-corrected chi connectivity index (χ1v) is 12.9. The van der Waals surface area contributed by atoms with Crippen molar-refractivity contribution >= 4 is 29.1 Å². The van der Waals surface area contributed by atoms with Gasteiger partial charge in [-0.05, 0) is 49.4 Å². The minimum atomic E-state index is -4.75. The highest BCUT2D eigenvalue weighted by Crippen LogP contribution is 2.36. The van der Waals surface area contributed by atoms with Gasteiger partial charge in [0, 0.05) is 57.3 Å². The molecule has 2 aromatic rings. The average molecular weight is 561 g/mol. The van der Waals surface area contributed by atoms with E-state index < -0.39 is 17.6 Å². The number of carbonyl (C=O) groups is 1. The van der Waals surface area contributed by atoms with Crippen molar-refractivity contribution in [1.82, 2.24) is 20.0 Å². The second-order valence-electron chi connectivity index (χ2n) is 9.96. The quantitative estimate of drug-likeness (QED) is 0.511. The van der Waals surface area contributed by atoms with Crippen molar-refractivity contribution in [1.29, 1.82) is 0 Å². The number of nitrogens with zero attached hydrogens (tertiary/aromatic N) is 3. The van der Waals surface area contributed by atoms with Crippen LogP contribution in [0.3, 0.4) is 0 Å². The first kappa shape index (κ1) is 28.1. The molecule has 2 aliphatic heterocycles. The van der Waals surface area contributed by atoms with E-state index in [0.717, 1.165) is 37.3 Å². The molecule has 0 bridgehead atoms. The second kappa shape index (κ2) is 11.5. The number of hydrogen-bond acceptors (Lipinski definition) is 4. The molecule has 0 aromatic heterocycles. The summed E-state index contributed by atoms with van der Waals surface area (Å²) in [6.07, 6.45) is -4.75. The Hall–Kier alpha value is -1.91. The Bertz CT molecular complexity index is 1130. The van der Waals surface area contributed by atoms with Crippen molar-refractivity contribution in [2.45, 2.75) is 37.6 Å². The van der Waals surface area contributed by atoms with Gasteiger partial charge in [-0.2, -0.15) is 13.2 Å². The molecule has 202 valence electrons. The molecule has 0 radical (unpaired) electrons. The van der Waals surface area contributed by atoms with Gasteiger partial charge in [-0.25, -0.2) is 4.39 Å². The summed E-state index contributed by atoms with van der Waals surface area (Å²) < 4.78 is 53.1. The van der Waals surface area contributed by atoms with E-state index in [4.69, 9.17) is 23.2 Å². The molecule has 2 saturated heterocycles. The summed E-state index contributed by atoms with van der Waals surface area (Å²) >= 11 is 12.4. The van der Waals surface area contributed by atoms with Gasteiger partial charge in [-0.1, -0.05) is 35.3 Å². The highest BCUT2D eigenvalue weighted by molar-refractivity contribution is 6.42. The Labute approximate surface area is 224 Å². The SMILES string of the molecule is C[C@H]1CN(CC(=O)N2C[C@H](c3ccc(Cl)c(Cl)c3)[C@@H](N(C)Cc3ccc(C(F)(F)F)c(F)c3)C2)CCN1.